The first-order chi connectivity index (χ1) is 8.19. The van der Waals surface area contributed by atoms with Gasteiger partial charge in [0.2, 0.25) is 0 Å². The van der Waals surface area contributed by atoms with Gasteiger partial charge in [0.25, 0.3) is 0 Å². The average Bonchev–Trinajstić information content (AvgIpc) is 2.67. The number of aryl methyl sites for hydroxylation is 4. The Balaban J connectivity index is 1.97. The van der Waals surface area contributed by atoms with Gasteiger partial charge in [0.1, 0.15) is 11.5 Å². The average molecular weight is 231 g/mol. The van der Waals surface area contributed by atoms with E-state index in [1.165, 1.54) is 5.56 Å². The molecule has 3 heteroatoms. The van der Waals surface area contributed by atoms with Crippen LogP contribution in [0.15, 0.2) is 28.7 Å². The Bertz CT molecular complexity index is 466. The summed E-state index contributed by atoms with van der Waals surface area (Å²) in [6.45, 7) is 3.91. The molecule has 3 nitrogen and oxygen atoms in total. The molecule has 1 aromatic heterocycles. The summed E-state index contributed by atoms with van der Waals surface area (Å²) in [5, 5.41) is 0. The monoisotopic (exact) mass is 231 g/mol. The van der Waals surface area contributed by atoms with E-state index in [4.69, 9.17) is 9.15 Å². The Morgan fingerprint density at radius 1 is 1.12 bits per heavy atom. The fourth-order valence-corrected chi connectivity index (χ4v) is 1.69. The van der Waals surface area contributed by atoms with Gasteiger partial charge >= 0.3 is 0 Å². The summed E-state index contributed by atoms with van der Waals surface area (Å²) in [5.41, 5.74) is 2.24. The lowest BCUT2D eigenvalue weighted by atomic mass is 10.1. The van der Waals surface area contributed by atoms with Gasteiger partial charge in [0, 0.05) is 6.42 Å². The van der Waals surface area contributed by atoms with E-state index in [1.54, 1.807) is 7.11 Å². The van der Waals surface area contributed by atoms with Crippen LogP contribution in [0.3, 0.4) is 0 Å². The first kappa shape index (κ1) is 11.7. The maximum absolute atomic E-state index is 5.55. The molecular formula is C14H17NO2. The molecule has 0 bridgehead atoms. The van der Waals surface area contributed by atoms with Crippen molar-refractivity contribution in [1.29, 1.82) is 0 Å². The summed E-state index contributed by atoms with van der Waals surface area (Å²) in [6, 6.07) is 8.09. The predicted octanol–water partition coefficient (Wildman–Crippen LogP) is 3.09. The van der Waals surface area contributed by atoms with Crippen LogP contribution in [-0.2, 0) is 12.8 Å². The lowest BCUT2D eigenvalue weighted by Crippen LogP contribution is -1.92. The molecule has 0 aliphatic heterocycles. The molecule has 1 heterocycles. The Morgan fingerprint density at radius 3 is 2.35 bits per heavy atom. The second-order valence-electron chi connectivity index (χ2n) is 4.10. The Kier molecular flexibility index (Phi) is 3.47. The Labute approximate surface area is 101 Å². The lowest BCUT2D eigenvalue weighted by molar-refractivity contribution is 0.414. The molecular weight excluding hydrogens is 214 g/mol. The molecule has 0 N–H and O–H groups in total. The molecule has 0 fully saturated rings. The smallest absolute Gasteiger partial charge is 0.194 e. The minimum atomic E-state index is 0.816. The molecule has 0 unspecified atom stereocenters. The maximum Gasteiger partial charge on any atom is 0.194 e. The molecule has 1 aromatic carbocycles. The Morgan fingerprint density at radius 2 is 1.82 bits per heavy atom. The van der Waals surface area contributed by atoms with E-state index in [-0.39, 0.29) is 0 Å². The molecule has 0 amide bonds. The number of benzene rings is 1. The van der Waals surface area contributed by atoms with Gasteiger partial charge < -0.3 is 9.15 Å². The van der Waals surface area contributed by atoms with Crippen LogP contribution in [0.5, 0.6) is 5.75 Å². The van der Waals surface area contributed by atoms with Crippen LogP contribution in [-0.4, -0.2) is 12.1 Å². The maximum atomic E-state index is 5.55. The lowest BCUT2D eigenvalue weighted by Gasteiger charge is -2.01. The number of hydrogen-bond donors (Lipinski definition) is 0. The van der Waals surface area contributed by atoms with Gasteiger partial charge in [-0.15, -0.1) is 0 Å². The van der Waals surface area contributed by atoms with Gasteiger partial charge in [0.05, 0.1) is 12.8 Å². The van der Waals surface area contributed by atoms with Crippen molar-refractivity contribution >= 4 is 0 Å². The minimum absolute atomic E-state index is 0.816. The molecule has 0 aliphatic rings. The molecule has 2 rings (SSSR count). The van der Waals surface area contributed by atoms with Gasteiger partial charge in [-0.05, 0) is 38.0 Å². The van der Waals surface area contributed by atoms with Gasteiger partial charge in [-0.25, -0.2) is 4.98 Å². The fourth-order valence-electron chi connectivity index (χ4n) is 1.69. The van der Waals surface area contributed by atoms with Gasteiger partial charge in [-0.1, -0.05) is 12.1 Å². The highest BCUT2D eigenvalue weighted by Crippen LogP contribution is 2.14. The highest BCUT2D eigenvalue weighted by atomic mass is 16.5. The number of methoxy groups -OCH3 is 1. The summed E-state index contributed by atoms with van der Waals surface area (Å²) in [7, 11) is 1.67. The van der Waals surface area contributed by atoms with E-state index in [0.717, 1.165) is 35.9 Å². The van der Waals surface area contributed by atoms with Crippen molar-refractivity contribution in [3.63, 3.8) is 0 Å². The van der Waals surface area contributed by atoms with Crippen LogP contribution in [0.2, 0.25) is 0 Å². The van der Waals surface area contributed by atoms with E-state index in [0.29, 0.717) is 0 Å². The van der Waals surface area contributed by atoms with E-state index in [9.17, 15) is 0 Å². The summed E-state index contributed by atoms with van der Waals surface area (Å²) >= 11 is 0. The zero-order valence-corrected chi connectivity index (χ0v) is 10.5. The largest absolute Gasteiger partial charge is 0.497 e. The molecule has 17 heavy (non-hydrogen) atoms. The van der Waals surface area contributed by atoms with Crippen LogP contribution in [0.4, 0.5) is 0 Å². The summed E-state index contributed by atoms with van der Waals surface area (Å²) < 4.78 is 10.7. The number of oxazole rings is 1. The first-order valence-corrected chi connectivity index (χ1v) is 5.75. The van der Waals surface area contributed by atoms with Crippen molar-refractivity contribution in [2.75, 3.05) is 7.11 Å². The summed E-state index contributed by atoms with van der Waals surface area (Å²) in [4.78, 5) is 4.37. The van der Waals surface area contributed by atoms with Gasteiger partial charge in [0.15, 0.2) is 5.89 Å². The zero-order valence-electron chi connectivity index (χ0n) is 10.5. The second kappa shape index (κ2) is 5.04. The molecule has 0 saturated heterocycles. The van der Waals surface area contributed by atoms with Gasteiger partial charge in [-0.3, -0.25) is 0 Å². The number of aromatic nitrogens is 1. The third-order valence-electron chi connectivity index (χ3n) is 2.86. The number of hydrogen-bond acceptors (Lipinski definition) is 3. The standard InChI is InChI=1S/C14H17NO2/c1-10-11(2)17-14(15-10)9-6-12-4-7-13(16-3)8-5-12/h4-5,7-8H,6,9H2,1-3H3. The molecule has 0 radical (unpaired) electrons. The molecule has 90 valence electrons. The van der Waals surface area contributed by atoms with E-state index in [1.807, 2.05) is 26.0 Å². The predicted molar refractivity (Wildman–Crippen MR) is 66.4 cm³/mol. The molecule has 0 saturated carbocycles. The molecule has 0 atom stereocenters. The Hall–Kier alpha value is -1.77. The normalized spacial score (nSPS) is 10.5. The van der Waals surface area contributed by atoms with E-state index in [2.05, 4.69) is 17.1 Å². The highest BCUT2D eigenvalue weighted by Gasteiger charge is 2.05. The number of nitrogens with zero attached hydrogens (tertiary/aromatic N) is 1. The van der Waals surface area contributed by atoms with Crippen LogP contribution in [0.1, 0.15) is 22.9 Å². The SMILES string of the molecule is COc1ccc(CCc2nc(C)c(C)o2)cc1. The van der Waals surface area contributed by atoms with Crippen molar-refractivity contribution < 1.29 is 9.15 Å². The third kappa shape index (κ3) is 2.87. The first-order valence-electron chi connectivity index (χ1n) is 5.75. The van der Waals surface area contributed by atoms with Crippen LogP contribution in [0, 0.1) is 13.8 Å². The van der Waals surface area contributed by atoms with Crippen molar-refractivity contribution in [1.82, 2.24) is 4.98 Å². The van der Waals surface area contributed by atoms with Crippen LogP contribution >= 0.6 is 0 Å². The van der Waals surface area contributed by atoms with Crippen molar-refractivity contribution in [2.24, 2.45) is 0 Å². The third-order valence-corrected chi connectivity index (χ3v) is 2.86. The highest BCUT2D eigenvalue weighted by molar-refractivity contribution is 5.27. The topological polar surface area (TPSA) is 35.3 Å². The van der Waals surface area contributed by atoms with Gasteiger partial charge in [-0.2, -0.15) is 0 Å². The molecule has 0 aliphatic carbocycles. The molecule has 2 aromatic rings. The zero-order chi connectivity index (χ0) is 12.3. The quantitative estimate of drug-likeness (QED) is 0.811. The second-order valence-corrected chi connectivity index (χ2v) is 4.10. The molecule has 0 spiro atoms. The van der Waals surface area contributed by atoms with Crippen molar-refractivity contribution in [2.45, 2.75) is 26.7 Å². The van der Waals surface area contributed by atoms with E-state index < -0.39 is 0 Å². The summed E-state index contributed by atoms with van der Waals surface area (Å²) in [6.07, 6.45) is 1.77. The number of ether oxygens (including phenoxy) is 1. The minimum Gasteiger partial charge on any atom is -0.497 e. The van der Waals surface area contributed by atoms with Crippen molar-refractivity contribution in [3.8, 4) is 5.75 Å². The van der Waals surface area contributed by atoms with Crippen molar-refractivity contribution in [3.05, 3.63) is 47.2 Å². The number of rotatable bonds is 4. The fraction of sp³-hybridized carbons (Fsp3) is 0.357. The summed E-state index contributed by atoms with van der Waals surface area (Å²) in [5.74, 6) is 2.61. The van der Waals surface area contributed by atoms with E-state index >= 15 is 0 Å². The van der Waals surface area contributed by atoms with Crippen LogP contribution < -0.4 is 4.74 Å². The van der Waals surface area contributed by atoms with Crippen LogP contribution in [0.25, 0.3) is 0 Å².